The zero-order valence-corrected chi connectivity index (χ0v) is 30.3. The van der Waals surface area contributed by atoms with Gasteiger partial charge in [0.25, 0.3) is 0 Å². The highest BCUT2D eigenvalue weighted by Gasteiger charge is 2.17. The van der Waals surface area contributed by atoms with Crippen LogP contribution in [-0.4, -0.2) is 24.1 Å². The number of benzene rings is 7. The minimum Gasteiger partial charge on any atom is -0.309 e. The van der Waals surface area contributed by atoms with Gasteiger partial charge >= 0.3 is 0 Å². The number of aromatic nitrogens is 5. The number of fused-ring (bicyclic) bond motifs is 6. The van der Waals surface area contributed by atoms with E-state index in [2.05, 4.69) is 161 Å². The van der Waals surface area contributed by atoms with Crippen molar-refractivity contribution >= 4 is 43.7 Å². The number of hydrogen-bond acceptors (Lipinski definition) is 3. The van der Waals surface area contributed by atoms with Gasteiger partial charge in [0.15, 0.2) is 5.82 Å². The Bertz CT molecular complexity index is 3160. The second-order valence-electron chi connectivity index (χ2n) is 14.1. The minimum absolute atomic E-state index is 0.689. The molecule has 0 aliphatic rings. The highest BCUT2D eigenvalue weighted by atomic mass is 15.0. The maximum absolute atomic E-state index is 5.05. The summed E-state index contributed by atoms with van der Waals surface area (Å²) in [5.41, 5.74) is 14.9. The molecule has 0 atom stereocenters. The summed E-state index contributed by atoms with van der Waals surface area (Å²) in [6.07, 6.45) is 1.88. The Labute approximate surface area is 323 Å². The first-order valence-corrected chi connectivity index (χ1v) is 18.9. The summed E-state index contributed by atoms with van der Waals surface area (Å²) in [6.45, 7) is 0. The van der Waals surface area contributed by atoms with Crippen LogP contribution in [0.4, 0.5) is 0 Å². The summed E-state index contributed by atoms with van der Waals surface area (Å²) in [5, 5.41) is 3.58. The molecule has 262 valence electrons. The lowest BCUT2D eigenvalue weighted by Crippen LogP contribution is -1.97. The third kappa shape index (κ3) is 5.29. The van der Waals surface area contributed by atoms with Crippen LogP contribution in [-0.2, 0) is 0 Å². The van der Waals surface area contributed by atoms with Gasteiger partial charge in [-0.3, -0.25) is 4.98 Å². The number of hydrogen-bond donors (Lipinski definition) is 0. The second kappa shape index (κ2) is 13.0. The molecule has 0 bridgehead atoms. The molecule has 11 aromatic rings. The van der Waals surface area contributed by atoms with Crippen LogP contribution >= 0.6 is 0 Å². The Kier molecular flexibility index (Phi) is 7.42. The molecule has 0 saturated carbocycles. The van der Waals surface area contributed by atoms with Crippen LogP contribution in [0.2, 0.25) is 0 Å². The molecule has 5 heteroatoms. The molecule has 0 unspecified atom stereocenters. The van der Waals surface area contributed by atoms with E-state index in [-0.39, 0.29) is 0 Å². The molecule has 0 N–H and O–H groups in total. The van der Waals surface area contributed by atoms with Gasteiger partial charge in [-0.1, -0.05) is 109 Å². The van der Waals surface area contributed by atoms with Crippen LogP contribution in [0.25, 0.3) is 100 Å². The Morgan fingerprint density at radius 2 is 0.821 bits per heavy atom. The van der Waals surface area contributed by atoms with Gasteiger partial charge in [-0.05, 0) is 96.1 Å². The van der Waals surface area contributed by atoms with Gasteiger partial charge in [0.2, 0.25) is 0 Å². The predicted molar refractivity (Wildman–Crippen MR) is 230 cm³/mol. The number of para-hydroxylation sites is 2. The summed E-state index contributed by atoms with van der Waals surface area (Å²) in [4.78, 5) is 15.0. The highest BCUT2D eigenvalue weighted by Crippen LogP contribution is 2.38. The molecular weight excluding hydrogens is 683 g/mol. The molecule has 56 heavy (non-hydrogen) atoms. The molecule has 0 spiro atoms. The van der Waals surface area contributed by atoms with Crippen molar-refractivity contribution in [1.29, 1.82) is 0 Å². The van der Waals surface area contributed by atoms with E-state index in [1.54, 1.807) is 0 Å². The standard InChI is InChI=1S/C51H33N5/c1-4-13-34(14-5-1)44-33-45(35-15-6-2-7-16-35)54-51(53-44)36-22-26-40(27-23-36)56-48-29-25-38(32-43(48)50-49(56)21-12-30-52-50)37-24-28-47-42(31-37)41-19-10-11-20-46(41)55(47)39-17-8-3-9-18-39/h1-33H. The fourth-order valence-corrected chi connectivity index (χ4v) is 8.15. The molecule has 0 aliphatic carbocycles. The van der Waals surface area contributed by atoms with Gasteiger partial charge in [-0.15, -0.1) is 0 Å². The van der Waals surface area contributed by atoms with Crippen LogP contribution in [0, 0.1) is 0 Å². The summed E-state index contributed by atoms with van der Waals surface area (Å²) in [7, 11) is 0. The largest absolute Gasteiger partial charge is 0.309 e. The Balaban J connectivity index is 1.01. The molecule has 7 aromatic carbocycles. The fourth-order valence-electron chi connectivity index (χ4n) is 8.15. The SMILES string of the molecule is c1ccc(-c2cc(-c3ccccc3)nc(-c3ccc(-n4c5ccc(-c6ccc7c(c6)c6ccccc6n7-c6ccccc6)cc5c5ncccc54)cc3)n2)cc1. The third-order valence-corrected chi connectivity index (χ3v) is 10.8. The average molecular weight is 716 g/mol. The van der Waals surface area contributed by atoms with Crippen molar-refractivity contribution in [3.63, 3.8) is 0 Å². The van der Waals surface area contributed by atoms with Gasteiger partial charge in [0.05, 0.1) is 39.0 Å². The number of nitrogens with zero attached hydrogens (tertiary/aromatic N) is 5. The van der Waals surface area contributed by atoms with Crippen molar-refractivity contribution in [2.24, 2.45) is 0 Å². The van der Waals surface area contributed by atoms with Gasteiger partial charge in [0, 0.05) is 50.4 Å². The van der Waals surface area contributed by atoms with Crippen LogP contribution < -0.4 is 0 Å². The first kappa shape index (κ1) is 31.9. The van der Waals surface area contributed by atoms with Crippen molar-refractivity contribution in [1.82, 2.24) is 24.1 Å². The molecule has 0 amide bonds. The van der Waals surface area contributed by atoms with E-state index in [4.69, 9.17) is 15.0 Å². The van der Waals surface area contributed by atoms with E-state index >= 15 is 0 Å². The normalized spacial score (nSPS) is 11.6. The maximum atomic E-state index is 5.05. The average Bonchev–Trinajstić information content (AvgIpc) is 3.79. The molecule has 0 saturated heterocycles. The number of rotatable bonds is 6. The Morgan fingerprint density at radius 3 is 1.50 bits per heavy atom. The predicted octanol–water partition coefficient (Wildman–Crippen LogP) is 12.7. The van der Waals surface area contributed by atoms with E-state index in [0.717, 1.165) is 67.0 Å². The monoisotopic (exact) mass is 715 g/mol. The fraction of sp³-hybridized carbons (Fsp3) is 0. The first-order chi connectivity index (χ1) is 27.8. The molecule has 4 aromatic heterocycles. The first-order valence-electron chi connectivity index (χ1n) is 18.9. The Hall–Kier alpha value is -7.63. The van der Waals surface area contributed by atoms with Crippen LogP contribution in [0.15, 0.2) is 200 Å². The zero-order chi connectivity index (χ0) is 37.0. The van der Waals surface area contributed by atoms with Crippen molar-refractivity contribution in [2.45, 2.75) is 0 Å². The lowest BCUT2D eigenvalue weighted by Gasteiger charge is -2.11. The number of pyridine rings is 1. The molecule has 0 fully saturated rings. The lowest BCUT2D eigenvalue weighted by atomic mass is 10.0. The second-order valence-corrected chi connectivity index (χ2v) is 14.1. The minimum atomic E-state index is 0.689. The van der Waals surface area contributed by atoms with E-state index in [1.165, 1.54) is 27.4 Å². The van der Waals surface area contributed by atoms with Gasteiger partial charge in [-0.25, -0.2) is 9.97 Å². The summed E-state index contributed by atoms with van der Waals surface area (Å²) in [5.74, 6) is 0.689. The highest BCUT2D eigenvalue weighted by molar-refractivity contribution is 6.12. The molecule has 11 rings (SSSR count). The third-order valence-electron chi connectivity index (χ3n) is 10.8. The van der Waals surface area contributed by atoms with Crippen molar-refractivity contribution in [2.75, 3.05) is 0 Å². The van der Waals surface area contributed by atoms with Gasteiger partial charge in [-0.2, -0.15) is 0 Å². The van der Waals surface area contributed by atoms with Crippen LogP contribution in [0.5, 0.6) is 0 Å². The molecule has 5 nitrogen and oxygen atoms in total. The lowest BCUT2D eigenvalue weighted by molar-refractivity contribution is 1.16. The smallest absolute Gasteiger partial charge is 0.160 e. The summed E-state index contributed by atoms with van der Waals surface area (Å²) in [6, 6.07) is 68.3. The van der Waals surface area contributed by atoms with Gasteiger partial charge in [0.1, 0.15) is 0 Å². The molecular formula is C51H33N5. The van der Waals surface area contributed by atoms with Crippen LogP contribution in [0.1, 0.15) is 0 Å². The maximum Gasteiger partial charge on any atom is 0.160 e. The van der Waals surface area contributed by atoms with E-state index < -0.39 is 0 Å². The molecule has 0 radical (unpaired) electrons. The van der Waals surface area contributed by atoms with Gasteiger partial charge < -0.3 is 9.13 Å². The zero-order valence-electron chi connectivity index (χ0n) is 30.3. The van der Waals surface area contributed by atoms with E-state index in [9.17, 15) is 0 Å². The molecule has 4 heterocycles. The molecule has 0 aliphatic heterocycles. The van der Waals surface area contributed by atoms with E-state index in [1.807, 2.05) is 48.7 Å². The quantitative estimate of drug-likeness (QED) is 0.172. The topological polar surface area (TPSA) is 48.5 Å². The Morgan fingerprint density at radius 1 is 0.321 bits per heavy atom. The van der Waals surface area contributed by atoms with Crippen molar-refractivity contribution in [3.8, 4) is 56.4 Å². The summed E-state index contributed by atoms with van der Waals surface area (Å²) < 4.78 is 4.66. The van der Waals surface area contributed by atoms with Crippen molar-refractivity contribution < 1.29 is 0 Å². The van der Waals surface area contributed by atoms with Crippen LogP contribution in [0.3, 0.4) is 0 Å². The van der Waals surface area contributed by atoms with E-state index in [0.29, 0.717) is 5.82 Å². The summed E-state index contributed by atoms with van der Waals surface area (Å²) >= 11 is 0. The van der Waals surface area contributed by atoms with Crippen molar-refractivity contribution in [3.05, 3.63) is 200 Å².